The molecule has 3 heterocycles. The Morgan fingerprint density at radius 2 is 2.31 bits per heavy atom. The van der Waals surface area contributed by atoms with Gasteiger partial charge in [-0.15, -0.1) is 0 Å². The Morgan fingerprint density at radius 3 is 3.15 bits per heavy atom. The molecule has 0 saturated carbocycles. The molecule has 1 aromatic carbocycles. The first-order valence-electron chi connectivity index (χ1n) is 9.15. The number of aromatic amines is 1. The molecule has 3 N–H and O–H groups in total. The van der Waals surface area contributed by atoms with E-state index in [1.54, 1.807) is 0 Å². The van der Waals surface area contributed by atoms with Crippen LogP contribution in [-0.4, -0.2) is 38.2 Å². The van der Waals surface area contributed by atoms with E-state index in [1.807, 2.05) is 37.5 Å². The van der Waals surface area contributed by atoms with Gasteiger partial charge in [-0.1, -0.05) is 18.2 Å². The summed E-state index contributed by atoms with van der Waals surface area (Å²) in [5, 5.41) is 14.0. The number of nitrogens with zero attached hydrogens (tertiary/aromatic N) is 2. The average molecular weight is 352 g/mol. The summed E-state index contributed by atoms with van der Waals surface area (Å²) in [4.78, 5) is 20.5. The van der Waals surface area contributed by atoms with Crippen molar-refractivity contribution in [3.63, 3.8) is 0 Å². The van der Waals surface area contributed by atoms with Gasteiger partial charge in [-0.25, -0.2) is 4.98 Å². The van der Waals surface area contributed by atoms with E-state index < -0.39 is 0 Å². The topological polar surface area (TPSA) is 82.9 Å². The second kappa shape index (κ2) is 6.96. The molecule has 0 radical (unpaired) electrons. The molecule has 1 aliphatic heterocycles. The zero-order chi connectivity index (χ0) is 18.1. The van der Waals surface area contributed by atoms with E-state index in [2.05, 4.69) is 25.9 Å². The number of carbonyl (C=O) groups excluding carboxylic acids is 1. The summed E-state index contributed by atoms with van der Waals surface area (Å²) in [6.45, 7) is 2.85. The maximum absolute atomic E-state index is 12.8. The Morgan fingerprint density at radius 1 is 1.46 bits per heavy atom. The van der Waals surface area contributed by atoms with Gasteiger partial charge in [0.1, 0.15) is 5.82 Å². The second-order valence-electron chi connectivity index (χ2n) is 7.06. The van der Waals surface area contributed by atoms with Gasteiger partial charge in [0.05, 0.1) is 18.6 Å². The van der Waals surface area contributed by atoms with Crippen molar-refractivity contribution in [1.82, 2.24) is 19.9 Å². The number of amides is 1. The number of imidazole rings is 1. The number of para-hydroxylation sites is 1. The highest BCUT2D eigenvalue weighted by Crippen LogP contribution is 2.28. The van der Waals surface area contributed by atoms with Crippen LogP contribution in [0.1, 0.15) is 35.8 Å². The van der Waals surface area contributed by atoms with Gasteiger partial charge in [0, 0.05) is 35.5 Å². The van der Waals surface area contributed by atoms with Crippen LogP contribution in [0, 0.1) is 6.92 Å². The normalized spacial score (nSPS) is 17.8. The highest BCUT2D eigenvalue weighted by atomic mass is 16.3. The summed E-state index contributed by atoms with van der Waals surface area (Å²) in [5.74, 6) is 0.556. The van der Waals surface area contributed by atoms with E-state index in [1.165, 1.54) is 0 Å². The molecule has 2 atom stereocenters. The van der Waals surface area contributed by atoms with E-state index in [4.69, 9.17) is 0 Å². The fourth-order valence-corrected chi connectivity index (χ4v) is 3.91. The molecule has 26 heavy (non-hydrogen) atoms. The number of carbonyl (C=O) groups is 1. The predicted octanol–water partition coefficient (Wildman–Crippen LogP) is 2.27. The van der Waals surface area contributed by atoms with Crippen molar-refractivity contribution in [2.75, 3.05) is 6.61 Å². The van der Waals surface area contributed by atoms with Gasteiger partial charge in [0.15, 0.2) is 0 Å². The molecule has 0 spiro atoms. The summed E-state index contributed by atoms with van der Waals surface area (Å²) in [6.07, 6.45) is 6.14. The van der Waals surface area contributed by atoms with Crippen molar-refractivity contribution < 1.29 is 9.90 Å². The van der Waals surface area contributed by atoms with Gasteiger partial charge in [0.25, 0.3) is 0 Å². The van der Waals surface area contributed by atoms with Crippen molar-refractivity contribution in [1.29, 1.82) is 0 Å². The second-order valence-corrected chi connectivity index (χ2v) is 7.06. The Kier molecular flexibility index (Phi) is 4.51. The smallest absolute Gasteiger partial charge is 0.231 e. The minimum absolute atomic E-state index is 0.0459. The van der Waals surface area contributed by atoms with Crippen LogP contribution in [0.3, 0.4) is 0 Å². The van der Waals surface area contributed by atoms with Gasteiger partial charge in [-0.3, -0.25) is 4.79 Å². The van der Waals surface area contributed by atoms with E-state index >= 15 is 0 Å². The van der Waals surface area contributed by atoms with Gasteiger partial charge >= 0.3 is 0 Å². The van der Waals surface area contributed by atoms with Crippen LogP contribution in [0.2, 0.25) is 0 Å². The minimum Gasteiger partial charge on any atom is -0.394 e. The molecule has 0 fully saturated rings. The Labute approximate surface area is 152 Å². The number of fused-ring (bicyclic) bond motifs is 2. The van der Waals surface area contributed by atoms with Crippen LogP contribution in [0.15, 0.2) is 36.7 Å². The van der Waals surface area contributed by atoms with Crippen LogP contribution in [0.25, 0.3) is 10.9 Å². The van der Waals surface area contributed by atoms with Crippen molar-refractivity contribution >= 4 is 16.8 Å². The van der Waals surface area contributed by atoms with Gasteiger partial charge in [-0.2, -0.15) is 0 Å². The monoisotopic (exact) mass is 352 g/mol. The number of hydrogen-bond acceptors (Lipinski definition) is 3. The largest absolute Gasteiger partial charge is 0.394 e. The van der Waals surface area contributed by atoms with Crippen molar-refractivity contribution in [2.24, 2.45) is 0 Å². The van der Waals surface area contributed by atoms with E-state index in [0.717, 1.165) is 47.4 Å². The predicted molar refractivity (Wildman–Crippen MR) is 100.0 cm³/mol. The number of benzene rings is 1. The molecular formula is C20H24N4O2. The molecule has 3 aromatic rings. The number of hydrogen-bond donors (Lipinski definition) is 3. The lowest BCUT2D eigenvalue weighted by molar-refractivity contribution is -0.124. The Bertz CT molecular complexity index is 927. The number of aliphatic hydroxyl groups is 1. The van der Waals surface area contributed by atoms with Crippen molar-refractivity contribution in [2.45, 2.75) is 44.7 Å². The first-order valence-corrected chi connectivity index (χ1v) is 9.15. The third-order valence-corrected chi connectivity index (χ3v) is 5.30. The molecular weight excluding hydrogens is 328 g/mol. The zero-order valence-corrected chi connectivity index (χ0v) is 14.9. The quantitative estimate of drug-likeness (QED) is 0.659. The van der Waals surface area contributed by atoms with Gasteiger partial charge in [-0.05, 0) is 37.8 Å². The van der Waals surface area contributed by atoms with Crippen LogP contribution >= 0.6 is 0 Å². The zero-order valence-electron chi connectivity index (χ0n) is 14.9. The number of H-pyrrole nitrogens is 1. The number of aliphatic hydroxyl groups excluding tert-OH is 1. The molecule has 1 aliphatic rings. The fraction of sp³-hybridized carbons (Fsp3) is 0.400. The third kappa shape index (κ3) is 3.01. The Hall–Kier alpha value is -2.60. The maximum Gasteiger partial charge on any atom is 0.231 e. The number of aromatic nitrogens is 3. The molecule has 0 saturated heterocycles. The number of nitrogens with one attached hydrogen (secondary N) is 2. The molecule has 136 valence electrons. The van der Waals surface area contributed by atoms with Crippen LogP contribution in [0.4, 0.5) is 0 Å². The molecule has 2 unspecified atom stereocenters. The molecule has 0 bridgehead atoms. The SMILES string of the molecule is Cc1cnc2n1CCCC2C(=O)NC(CO)Cc1c[nH]c2ccccc12. The Balaban J connectivity index is 1.49. The highest BCUT2D eigenvalue weighted by molar-refractivity contribution is 5.84. The van der Waals surface area contributed by atoms with Crippen LogP contribution in [0.5, 0.6) is 0 Å². The fourth-order valence-electron chi connectivity index (χ4n) is 3.91. The maximum atomic E-state index is 12.8. The standard InChI is InChI=1S/C20H24N4O2/c1-13-10-22-19-17(6-4-8-24(13)19)20(26)23-15(12-25)9-14-11-21-18-7-3-2-5-16(14)18/h2-3,5,7,10-11,15,17,21,25H,4,6,8-9,12H2,1H3,(H,23,26). The lowest BCUT2D eigenvalue weighted by Crippen LogP contribution is -2.42. The first kappa shape index (κ1) is 16.8. The summed E-state index contributed by atoms with van der Waals surface area (Å²) < 4.78 is 2.13. The lowest BCUT2D eigenvalue weighted by atomic mass is 9.96. The van der Waals surface area contributed by atoms with Crippen LogP contribution < -0.4 is 5.32 Å². The van der Waals surface area contributed by atoms with E-state index in [9.17, 15) is 9.90 Å². The summed E-state index contributed by atoms with van der Waals surface area (Å²) in [6, 6.07) is 7.75. The minimum atomic E-state index is -0.312. The van der Waals surface area contributed by atoms with Crippen LogP contribution in [-0.2, 0) is 17.8 Å². The van der Waals surface area contributed by atoms with Crippen molar-refractivity contribution in [3.05, 3.63) is 53.7 Å². The molecule has 4 rings (SSSR count). The first-order chi connectivity index (χ1) is 12.7. The van der Waals surface area contributed by atoms with Gasteiger partial charge in [0.2, 0.25) is 5.91 Å². The molecule has 0 aliphatic carbocycles. The number of aryl methyl sites for hydroxylation is 1. The average Bonchev–Trinajstić information content (AvgIpc) is 3.25. The van der Waals surface area contributed by atoms with Crippen molar-refractivity contribution in [3.8, 4) is 0 Å². The van der Waals surface area contributed by atoms with E-state index in [-0.39, 0.29) is 24.5 Å². The summed E-state index contributed by atoms with van der Waals surface area (Å²) in [7, 11) is 0. The summed E-state index contributed by atoms with van der Waals surface area (Å²) >= 11 is 0. The third-order valence-electron chi connectivity index (χ3n) is 5.30. The molecule has 2 aromatic heterocycles. The molecule has 6 heteroatoms. The van der Waals surface area contributed by atoms with E-state index in [0.29, 0.717) is 6.42 Å². The highest BCUT2D eigenvalue weighted by Gasteiger charge is 2.30. The molecule has 6 nitrogen and oxygen atoms in total. The summed E-state index contributed by atoms with van der Waals surface area (Å²) in [5.41, 5.74) is 3.26. The number of rotatable bonds is 5. The lowest BCUT2D eigenvalue weighted by Gasteiger charge is -2.25. The molecule has 1 amide bonds. The van der Waals surface area contributed by atoms with Gasteiger partial charge < -0.3 is 20.0 Å².